The summed E-state index contributed by atoms with van der Waals surface area (Å²) in [4.78, 5) is 0. The standard InChI is InChI=1S/C7H7.C2H7N.Bi.2ClH/c1-7-5-3-2-4-6-7;1-3-2;;;/h2-5H,1H3;3H,1-2H3;;2*1H/q;;+2;;/p-2. The van der Waals surface area contributed by atoms with Crippen molar-refractivity contribution in [1.29, 1.82) is 0 Å². The number of hydrogen-bond donors (Lipinski definition) is 1. The van der Waals surface area contributed by atoms with Crippen molar-refractivity contribution in [3.63, 3.8) is 0 Å². The van der Waals surface area contributed by atoms with E-state index in [1.807, 2.05) is 45.3 Å². The molecule has 0 amide bonds. The van der Waals surface area contributed by atoms with Gasteiger partial charge in [-0.25, -0.2) is 0 Å². The van der Waals surface area contributed by atoms with Crippen molar-refractivity contribution in [3.8, 4) is 0 Å². The molecule has 74 valence electrons. The van der Waals surface area contributed by atoms with Gasteiger partial charge in [0, 0.05) is 0 Å². The first kappa shape index (κ1) is 13.6. The second-order valence-electron chi connectivity index (χ2n) is 2.52. The fraction of sp³-hybridized carbons (Fsp3) is 0.333. The van der Waals surface area contributed by atoms with Gasteiger partial charge in [0.05, 0.1) is 0 Å². The Morgan fingerprint density at radius 2 is 1.62 bits per heavy atom. The number of nitrogens with one attached hydrogen (secondary N) is 1. The number of benzene rings is 1. The van der Waals surface area contributed by atoms with Gasteiger partial charge in [0.2, 0.25) is 0 Å². The van der Waals surface area contributed by atoms with E-state index in [1.54, 1.807) is 0 Å². The molecule has 0 aliphatic carbocycles. The molecule has 0 saturated carbocycles. The third-order valence-corrected chi connectivity index (χ3v) is 7.86. The third-order valence-electron chi connectivity index (χ3n) is 1.30. The van der Waals surface area contributed by atoms with E-state index < -0.39 is 19.4 Å². The van der Waals surface area contributed by atoms with E-state index in [0.717, 1.165) is 0 Å². The van der Waals surface area contributed by atoms with E-state index in [0.29, 0.717) is 0 Å². The number of hydrogen-bond acceptors (Lipinski definition) is 1. The first-order chi connectivity index (χ1) is 6.13. The Balaban J connectivity index is 0.000000424. The topological polar surface area (TPSA) is 12.0 Å². The second-order valence-corrected chi connectivity index (χ2v) is 13.7. The molecule has 0 spiro atoms. The maximum atomic E-state index is 5.88. The molecular weight excluding hydrogens is 402 g/mol. The van der Waals surface area contributed by atoms with Gasteiger partial charge in [-0.3, -0.25) is 0 Å². The fourth-order valence-corrected chi connectivity index (χ4v) is 6.18. The summed E-state index contributed by atoms with van der Waals surface area (Å²) >= 11 is -2.19. The summed E-state index contributed by atoms with van der Waals surface area (Å²) in [5.74, 6) is 0. The summed E-state index contributed by atoms with van der Waals surface area (Å²) in [5.41, 5.74) is 1.23. The molecule has 1 aromatic rings. The Kier molecular flexibility index (Phi) is 8.39. The van der Waals surface area contributed by atoms with Crippen molar-refractivity contribution in [2.75, 3.05) is 14.1 Å². The molecule has 1 N–H and O–H groups in total. The van der Waals surface area contributed by atoms with Gasteiger partial charge >= 0.3 is 76.4 Å². The summed E-state index contributed by atoms with van der Waals surface area (Å²) in [6.45, 7) is 2.04. The second kappa shape index (κ2) is 7.99. The van der Waals surface area contributed by atoms with Crippen LogP contribution in [0.25, 0.3) is 0 Å². The molecule has 4 heteroatoms. The van der Waals surface area contributed by atoms with Crippen molar-refractivity contribution in [1.82, 2.24) is 5.32 Å². The monoisotopic (exact) mass is 415 g/mol. The molecule has 0 fully saturated rings. The molecule has 0 heterocycles. The maximum absolute atomic E-state index is 5.88. The molecule has 0 atom stereocenters. The van der Waals surface area contributed by atoms with Gasteiger partial charge in [-0.1, -0.05) is 0 Å². The van der Waals surface area contributed by atoms with Gasteiger partial charge < -0.3 is 5.32 Å². The average molecular weight is 416 g/mol. The number of rotatable bonds is 1. The summed E-state index contributed by atoms with van der Waals surface area (Å²) in [6, 6.07) is 8.05. The van der Waals surface area contributed by atoms with Crippen molar-refractivity contribution in [3.05, 3.63) is 29.8 Å². The zero-order valence-corrected chi connectivity index (χ0v) is 13.0. The average Bonchev–Trinajstić information content (AvgIpc) is 2.06. The van der Waals surface area contributed by atoms with Crippen LogP contribution in [0, 0.1) is 6.92 Å². The van der Waals surface area contributed by atoms with Gasteiger partial charge in [-0.05, 0) is 14.1 Å². The van der Waals surface area contributed by atoms with Crippen LogP contribution in [0.4, 0.5) is 0 Å². The van der Waals surface area contributed by atoms with Crippen LogP contribution in [-0.4, -0.2) is 33.5 Å². The zero-order chi connectivity index (χ0) is 10.3. The van der Waals surface area contributed by atoms with Crippen molar-refractivity contribution >= 4 is 39.7 Å². The molecule has 13 heavy (non-hydrogen) atoms. The first-order valence-electron chi connectivity index (χ1n) is 3.89. The minimum atomic E-state index is -2.19. The molecule has 1 nitrogen and oxygen atoms in total. The zero-order valence-electron chi connectivity index (χ0n) is 8.01. The van der Waals surface area contributed by atoms with E-state index in [1.165, 1.54) is 8.83 Å². The van der Waals surface area contributed by atoms with Crippen molar-refractivity contribution in [2.45, 2.75) is 6.92 Å². The molecule has 0 unspecified atom stereocenters. The van der Waals surface area contributed by atoms with E-state index in [4.69, 9.17) is 17.0 Å². The Bertz CT molecular complexity index is 241. The third kappa shape index (κ3) is 5.85. The minimum absolute atomic E-state index is 1.20. The summed E-state index contributed by atoms with van der Waals surface area (Å²) in [7, 11) is 15.5. The van der Waals surface area contributed by atoms with E-state index >= 15 is 0 Å². The molecule has 0 aliphatic rings. The van der Waals surface area contributed by atoms with Gasteiger partial charge in [0.25, 0.3) is 0 Å². The van der Waals surface area contributed by atoms with Gasteiger partial charge in [-0.2, -0.15) is 0 Å². The quantitative estimate of drug-likeness (QED) is 0.692. The van der Waals surface area contributed by atoms with Crippen LogP contribution in [0.2, 0.25) is 0 Å². The van der Waals surface area contributed by atoms with E-state index in [2.05, 4.69) is 5.32 Å². The molecule has 1 aromatic carbocycles. The van der Waals surface area contributed by atoms with Crippen LogP contribution in [0.15, 0.2) is 24.3 Å². The van der Waals surface area contributed by atoms with Gasteiger partial charge in [0.1, 0.15) is 0 Å². The van der Waals surface area contributed by atoms with Gasteiger partial charge in [0.15, 0.2) is 0 Å². The van der Waals surface area contributed by atoms with Crippen LogP contribution in [0.5, 0.6) is 0 Å². The van der Waals surface area contributed by atoms with E-state index in [-0.39, 0.29) is 0 Å². The van der Waals surface area contributed by atoms with Crippen LogP contribution >= 0.6 is 17.0 Å². The van der Waals surface area contributed by atoms with Crippen LogP contribution in [-0.2, 0) is 0 Å². The van der Waals surface area contributed by atoms with Crippen molar-refractivity contribution in [2.24, 2.45) is 0 Å². The molecule has 0 aromatic heterocycles. The van der Waals surface area contributed by atoms with Crippen molar-refractivity contribution < 1.29 is 0 Å². The SMILES string of the molecule is CNC.Cc1cccc[c]1[Bi]([Cl])[Cl]. The summed E-state index contributed by atoms with van der Waals surface area (Å²) in [6.07, 6.45) is 0. The molecular formula is C9H14BiCl2N. The first-order valence-corrected chi connectivity index (χ1v) is 14.2. The molecule has 0 bridgehead atoms. The molecule has 0 aliphatic heterocycles. The van der Waals surface area contributed by atoms with Gasteiger partial charge in [-0.15, -0.1) is 0 Å². The number of aryl methyl sites for hydroxylation is 1. The predicted molar refractivity (Wildman–Crippen MR) is 63.3 cm³/mol. The number of halogens is 2. The summed E-state index contributed by atoms with van der Waals surface area (Å²) < 4.78 is 1.20. The fourth-order valence-electron chi connectivity index (χ4n) is 0.753. The Morgan fingerprint density at radius 3 is 1.92 bits per heavy atom. The van der Waals surface area contributed by atoms with Crippen LogP contribution in [0.3, 0.4) is 0 Å². The molecule has 0 radical (unpaired) electrons. The van der Waals surface area contributed by atoms with E-state index in [9.17, 15) is 0 Å². The molecule has 1 rings (SSSR count). The Labute approximate surface area is 95.2 Å². The summed E-state index contributed by atoms with van der Waals surface area (Å²) in [5, 5.41) is 2.75. The molecule has 0 saturated heterocycles. The van der Waals surface area contributed by atoms with Crippen LogP contribution in [0.1, 0.15) is 5.56 Å². The normalized spacial score (nSPS) is 9.38. The Morgan fingerprint density at radius 1 is 1.15 bits per heavy atom. The Hall–Kier alpha value is 0.643. The predicted octanol–water partition coefficient (Wildman–Crippen LogP) is 2.00. The van der Waals surface area contributed by atoms with Crippen LogP contribution < -0.4 is 8.59 Å².